The van der Waals surface area contributed by atoms with Crippen molar-refractivity contribution in [3.05, 3.63) is 35.7 Å². The Kier molecular flexibility index (Phi) is 5.57. The molecule has 0 spiro atoms. The van der Waals surface area contributed by atoms with Gasteiger partial charge in [0.15, 0.2) is 11.6 Å². The number of amides is 1. The van der Waals surface area contributed by atoms with E-state index in [2.05, 4.69) is 0 Å². The molecule has 2 N–H and O–H groups in total. The molecule has 20 heavy (non-hydrogen) atoms. The molecule has 1 aromatic carbocycles. The van der Waals surface area contributed by atoms with Gasteiger partial charge in [-0.15, -0.1) is 0 Å². The van der Waals surface area contributed by atoms with Gasteiger partial charge >= 0.3 is 0 Å². The standard InChI is InChI=1S/C13H14F3NO3/c1-20-11-4-2-9(6-10(11)14)3-5-12(19)17-7-13(15,16)8-18/h2-6,18H,7-8H2,1H3,(H,17,19)/b5-3+. The Morgan fingerprint density at radius 3 is 2.75 bits per heavy atom. The third-order valence-corrected chi connectivity index (χ3v) is 2.36. The summed E-state index contributed by atoms with van der Waals surface area (Å²) in [6.07, 6.45) is 2.27. The minimum Gasteiger partial charge on any atom is -0.494 e. The molecule has 0 heterocycles. The zero-order valence-electron chi connectivity index (χ0n) is 10.7. The molecule has 0 bridgehead atoms. The lowest BCUT2D eigenvalue weighted by molar-refractivity contribution is -0.119. The minimum atomic E-state index is -3.37. The number of aliphatic hydroxyl groups is 1. The molecule has 0 radical (unpaired) electrons. The van der Waals surface area contributed by atoms with Gasteiger partial charge in [0.05, 0.1) is 13.7 Å². The van der Waals surface area contributed by atoms with Gasteiger partial charge in [0.25, 0.3) is 5.92 Å². The van der Waals surface area contributed by atoms with E-state index in [1.807, 2.05) is 5.32 Å². The van der Waals surface area contributed by atoms with Gasteiger partial charge in [-0.3, -0.25) is 4.79 Å². The predicted molar refractivity (Wildman–Crippen MR) is 67.0 cm³/mol. The number of halogens is 3. The zero-order chi connectivity index (χ0) is 15.2. The molecule has 1 amide bonds. The van der Waals surface area contributed by atoms with E-state index in [0.717, 1.165) is 12.1 Å². The Hall–Kier alpha value is -2.02. The maximum atomic E-state index is 13.3. The van der Waals surface area contributed by atoms with Gasteiger partial charge in [0.2, 0.25) is 5.91 Å². The van der Waals surface area contributed by atoms with E-state index < -0.39 is 30.8 Å². The summed E-state index contributed by atoms with van der Waals surface area (Å²) in [4.78, 5) is 11.3. The van der Waals surface area contributed by atoms with Crippen molar-refractivity contribution in [1.29, 1.82) is 0 Å². The molecule has 0 unspecified atom stereocenters. The molecule has 1 aromatic rings. The second kappa shape index (κ2) is 6.95. The number of alkyl halides is 2. The van der Waals surface area contributed by atoms with Crippen molar-refractivity contribution >= 4 is 12.0 Å². The van der Waals surface area contributed by atoms with Gasteiger partial charge in [-0.05, 0) is 23.8 Å². The fraction of sp³-hybridized carbons (Fsp3) is 0.308. The highest BCUT2D eigenvalue weighted by atomic mass is 19.3. The number of nitrogens with one attached hydrogen (secondary N) is 1. The van der Waals surface area contributed by atoms with Crippen LogP contribution in [0.5, 0.6) is 5.75 Å². The van der Waals surface area contributed by atoms with Crippen LogP contribution in [0.3, 0.4) is 0 Å². The Morgan fingerprint density at radius 2 is 2.20 bits per heavy atom. The minimum absolute atomic E-state index is 0.0641. The van der Waals surface area contributed by atoms with Gasteiger partial charge in [-0.25, -0.2) is 13.2 Å². The summed E-state index contributed by atoms with van der Waals surface area (Å²) >= 11 is 0. The number of benzene rings is 1. The first-order valence-electron chi connectivity index (χ1n) is 5.66. The number of carbonyl (C=O) groups excluding carboxylic acids is 1. The third-order valence-electron chi connectivity index (χ3n) is 2.36. The van der Waals surface area contributed by atoms with Crippen LogP contribution in [0.25, 0.3) is 6.08 Å². The maximum Gasteiger partial charge on any atom is 0.287 e. The average molecular weight is 289 g/mol. The highest BCUT2D eigenvalue weighted by Gasteiger charge is 2.27. The lowest BCUT2D eigenvalue weighted by atomic mass is 10.2. The molecule has 0 atom stereocenters. The zero-order valence-corrected chi connectivity index (χ0v) is 10.7. The van der Waals surface area contributed by atoms with E-state index in [9.17, 15) is 18.0 Å². The van der Waals surface area contributed by atoms with Gasteiger partial charge in [0.1, 0.15) is 6.61 Å². The molecule has 4 nitrogen and oxygen atoms in total. The number of rotatable bonds is 6. The summed E-state index contributed by atoms with van der Waals surface area (Å²) in [5.74, 6) is -4.67. The SMILES string of the molecule is COc1ccc(/C=C/C(=O)NCC(F)(F)CO)cc1F. The first-order chi connectivity index (χ1) is 9.38. The van der Waals surface area contributed by atoms with Crippen molar-refractivity contribution in [3.63, 3.8) is 0 Å². The van der Waals surface area contributed by atoms with E-state index in [4.69, 9.17) is 9.84 Å². The van der Waals surface area contributed by atoms with E-state index >= 15 is 0 Å². The van der Waals surface area contributed by atoms with Crippen molar-refractivity contribution in [2.24, 2.45) is 0 Å². The lowest BCUT2D eigenvalue weighted by Crippen LogP contribution is -2.38. The van der Waals surface area contributed by atoms with Crippen LogP contribution in [0.2, 0.25) is 0 Å². The number of hydrogen-bond acceptors (Lipinski definition) is 3. The summed E-state index contributed by atoms with van der Waals surface area (Å²) in [5, 5.41) is 10.2. The molecule has 110 valence electrons. The van der Waals surface area contributed by atoms with Crippen molar-refractivity contribution in [2.75, 3.05) is 20.3 Å². The fourth-order valence-electron chi connectivity index (χ4n) is 1.29. The number of aliphatic hydroxyl groups excluding tert-OH is 1. The van der Waals surface area contributed by atoms with Gasteiger partial charge in [0, 0.05) is 6.08 Å². The second-order valence-corrected chi connectivity index (χ2v) is 3.96. The summed E-state index contributed by atoms with van der Waals surface area (Å²) < 4.78 is 43.4. The molecule has 0 saturated heterocycles. The van der Waals surface area contributed by atoms with Gasteiger partial charge in [-0.1, -0.05) is 6.07 Å². The predicted octanol–water partition coefficient (Wildman–Crippen LogP) is 1.59. The molecular weight excluding hydrogens is 275 g/mol. The van der Waals surface area contributed by atoms with Crippen molar-refractivity contribution < 1.29 is 27.8 Å². The number of hydrogen-bond donors (Lipinski definition) is 2. The molecule has 0 aliphatic heterocycles. The maximum absolute atomic E-state index is 13.3. The highest BCUT2D eigenvalue weighted by molar-refractivity contribution is 5.91. The first kappa shape index (κ1) is 16.0. The van der Waals surface area contributed by atoms with Crippen LogP contribution in [0.1, 0.15) is 5.56 Å². The summed E-state index contributed by atoms with van der Waals surface area (Å²) in [6, 6.07) is 4.03. The van der Waals surface area contributed by atoms with Crippen LogP contribution >= 0.6 is 0 Å². The highest BCUT2D eigenvalue weighted by Crippen LogP contribution is 2.18. The van der Waals surface area contributed by atoms with E-state index in [-0.39, 0.29) is 5.75 Å². The largest absolute Gasteiger partial charge is 0.494 e. The van der Waals surface area contributed by atoms with Crippen LogP contribution in [0, 0.1) is 5.82 Å². The summed E-state index contributed by atoms with van der Waals surface area (Å²) in [7, 11) is 1.32. The smallest absolute Gasteiger partial charge is 0.287 e. The number of carbonyl (C=O) groups is 1. The number of ether oxygens (including phenoxy) is 1. The van der Waals surface area contributed by atoms with Crippen molar-refractivity contribution in [1.82, 2.24) is 5.32 Å². The topological polar surface area (TPSA) is 58.6 Å². The number of methoxy groups -OCH3 is 1. The third kappa shape index (κ3) is 4.93. The first-order valence-corrected chi connectivity index (χ1v) is 5.66. The van der Waals surface area contributed by atoms with Gasteiger partial charge < -0.3 is 15.2 Å². The summed E-state index contributed by atoms with van der Waals surface area (Å²) in [6.45, 7) is -2.32. The molecule has 0 aliphatic carbocycles. The quantitative estimate of drug-likeness (QED) is 0.782. The Balaban J connectivity index is 2.59. The molecule has 0 saturated carbocycles. The molecule has 1 rings (SSSR count). The Morgan fingerprint density at radius 1 is 1.50 bits per heavy atom. The van der Waals surface area contributed by atoms with Crippen molar-refractivity contribution in [3.8, 4) is 5.75 Å². The van der Waals surface area contributed by atoms with Crippen LogP contribution in [0.15, 0.2) is 24.3 Å². The normalized spacial score (nSPS) is 11.7. The van der Waals surface area contributed by atoms with E-state index in [1.165, 1.54) is 25.3 Å². The molecular formula is C13H14F3NO3. The summed E-state index contributed by atoms with van der Waals surface area (Å²) in [5.41, 5.74) is 0.382. The van der Waals surface area contributed by atoms with Crippen LogP contribution in [-0.2, 0) is 4.79 Å². The average Bonchev–Trinajstić information content (AvgIpc) is 2.43. The monoisotopic (exact) mass is 289 g/mol. The molecule has 0 aliphatic rings. The molecule has 0 fully saturated rings. The van der Waals surface area contributed by atoms with E-state index in [1.54, 1.807) is 0 Å². The molecule has 7 heteroatoms. The van der Waals surface area contributed by atoms with Gasteiger partial charge in [-0.2, -0.15) is 0 Å². The second-order valence-electron chi connectivity index (χ2n) is 3.96. The van der Waals surface area contributed by atoms with E-state index in [0.29, 0.717) is 5.56 Å². The van der Waals surface area contributed by atoms with Crippen LogP contribution in [-0.4, -0.2) is 37.2 Å². The fourth-order valence-corrected chi connectivity index (χ4v) is 1.29. The van der Waals surface area contributed by atoms with Crippen molar-refractivity contribution in [2.45, 2.75) is 5.92 Å². The van der Waals surface area contributed by atoms with Crippen LogP contribution < -0.4 is 10.1 Å². The Bertz CT molecular complexity index is 504. The van der Waals surface area contributed by atoms with Crippen LogP contribution in [0.4, 0.5) is 13.2 Å². The lowest BCUT2D eigenvalue weighted by Gasteiger charge is -2.12. The Labute approximate surface area is 113 Å². The molecule has 0 aromatic heterocycles.